The largest absolute Gasteiger partial charge is 0.441 e. The Kier molecular flexibility index (Phi) is 4.61. The molecule has 1 N–H and O–H groups in total. The molecule has 1 atom stereocenters. The number of hydrogen-bond donors (Lipinski definition) is 1. The number of nitrogens with one attached hydrogen (secondary N) is 1. The lowest BCUT2D eigenvalue weighted by Gasteiger charge is -2.16. The van der Waals surface area contributed by atoms with Gasteiger partial charge in [-0.1, -0.05) is 24.3 Å². The summed E-state index contributed by atoms with van der Waals surface area (Å²) in [4.78, 5) is 11.8. The Bertz CT molecular complexity index is 582. The molecule has 0 aliphatic carbocycles. The summed E-state index contributed by atoms with van der Waals surface area (Å²) >= 11 is 4.88. The van der Waals surface area contributed by atoms with Gasteiger partial charge in [-0.25, -0.2) is 4.79 Å². The second-order valence-corrected chi connectivity index (χ2v) is 6.37. The van der Waals surface area contributed by atoms with Gasteiger partial charge in [0.1, 0.15) is 6.10 Å². The van der Waals surface area contributed by atoms with Crippen LogP contribution in [0.1, 0.15) is 24.2 Å². The number of carbonyl (C=O) groups excluding carboxylic acids is 1. The highest BCUT2D eigenvalue weighted by atomic mass is 79.9. The number of ether oxygens (including phenoxy) is 1. The van der Waals surface area contributed by atoms with E-state index in [1.165, 1.54) is 11.3 Å². The van der Waals surface area contributed by atoms with E-state index in [2.05, 4.69) is 21.2 Å². The molecule has 0 spiro atoms. The molecule has 100 valence electrons. The topological polar surface area (TPSA) is 38.3 Å². The van der Waals surface area contributed by atoms with Crippen molar-refractivity contribution < 1.29 is 9.53 Å². The van der Waals surface area contributed by atoms with Crippen LogP contribution in [-0.4, -0.2) is 6.09 Å². The summed E-state index contributed by atoms with van der Waals surface area (Å²) in [6.45, 7) is 3.87. The summed E-state index contributed by atoms with van der Waals surface area (Å²) < 4.78 is 6.26. The lowest BCUT2D eigenvalue weighted by molar-refractivity contribution is 0.121. The first-order chi connectivity index (χ1) is 9.08. The van der Waals surface area contributed by atoms with Crippen molar-refractivity contribution in [2.75, 3.05) is 5.32 Å². The van der Waals surface area contributed by atoms with Crippen LogP contribution in [0.2, 0.25) is 0 Å². The lowest BCUT2D eigenvalue weighted by Crippen LogP contribution is -2.16. The Morgan fingerprint density at radius 1 is 1.37 bits per heavy atom. The van der Waals surface area contributed by atoms with Crippen LogP contribution in [-0.2, 0) is 4.74 Å². The quantitative estimate of drug-likeness (QED) is 0.841. The molecule has 0 aliphatic rings. The normalized spacial score (nSPS) is 11.9. The number of amides is 1. The van der Waals surface area contributed by atoms with E-state index in [-0.39, 0.29) is 6.10 Å². The third-order valence-electron chi connectivity index (χ3n) is 2.76. The number of aryl methyl sites for hydroxylation is 1. The molecule has 2 rings (SSSR count). The summed E-state index contributed by atoms with van der Waals surface area (Å²) in [5, 5.41) is 4.61. The van der Waals surface area contributed by atoms with Gasteiger partial charge in [-0.15, -0.1) is 11.3 Å². The van der Waals surface area contributed by atoms with Gasteiger partial charge in [0.15, 0.2) is 0 Å². The van der Waals surface area contributed by atoms with Gasteiger partial charge >= 0.3 is 6.09 Å². The number of halogens is 1. The van der Waals surface area contributed by atoms with Gasteiger partial charge < -0.3 is 4.74 Å². The molecule has 1 heterocycles. The van der Waals surface area contributed by atoms with Crippen LogP contribution in [0.3, 0.4) is 0 Å². The lowest BCUT2D eigenvalue weighted by atomic mass is 10.1. The molecule has 1 amide bonds. The van der Waals surface area contributed by atoms with E-state index in [1.807, 2.05) is 49.6 Å². The van der Waals surface area contributed by atoms with E-state index >= 15 is 0 Å². The first kappa shape index (κ1) is 14.1. The number of carbonyl (C=O) groups is 1. The summed E-state index contributed by atoms with van der Waals surface area (Å²) in [6.07, 6.45) is -0.728. The van der Waals surface area contributed by atoms with Crippen molar-refractivity contribution in [2.24, 2.45) is 0 Å². The molecular formula is C14H14BrNO2S. The molecule has 3 nitrogen and oxygen atoms in total. The molecule has 1 aromatic heterocycles. The SMILES string of the molecule is Cc1ccccc1[C@@H](C)OC(=O)Nc1ccsc1Br. The van der Waals surface area contributed by atoms with Crippen LogP contribution in [0.5, 0.6) is 0 Å². The van der Waals surface area contributed by atoms with E-state index < -0.39 is 6.09 Å². The predicted molar refractivity (Wildman–Crippen MR) is 81.7 cm³/mol. The van der Waals surface area contributed by atoms with E-state index in [0.29, 0.717) is 0 Å². The van der Waals surface area contributed by atoms with Crippen molar-refractivity contribution in [2.45, 2.75) is 20.0 Å². The van der Waals surface area contributed by atoms with Crippen LogP contribution >= 0.6 is 27.3 Å². The van der Waals surface area contributed by atoms with Crippen molar-refractivity contribution in [1.82, 2.24) is 0 Å². The first-order valence-corrected chi connectivity index (χ1v) is 7.51. The molecule has 0 fully saturated rings. The predicted octanol–water partition coefficient (Wildman–Crippen LogP) is 5.13. The van der Waals surface area contributed by atoms with Gasteiger partial charge in [0.25, 0.3) is 0 Å². The Morgan fingerprint density at radius 3 is 2.74 bits per heavy atom. The molecule has 0 saturated carbocycles. The van der Waals surface area contributed by atoms with Crippen molar-refractivity contribution in [3.63, 3.8) is 0 Å². The van der Waals surface area contributed by atoms with Crippen LogP contribution in [0.4, 0.5) is 10.5 Å². The smallest absolute Gasteiger partial charge is 0.412 e. The molecule has 19 heavy (non-hydrogen) atoms. The zero-order valence-corrected chi connectivity index (χ0v) is 13.0. The third kappa shape index (κ3) is 3.58. The van der Waals surface area contributed by atoms with Crippen LogP contribution in [0.15, 0.2) is 39.5 Å². The number of hydrogen-bond acceptors (Lipinski definition) is 3. The molecular weight excluding hydrogens is 326 g/mol. The van der Waals surface area contributed by atoms with Gasteiger partial charge in [-0.2, -0.15) is 0 Å². The van der Waals surface area contributed by atoms with E-state index in [0.717, 1.165) is 20.6 Å². The zero-order valence-electron chi connectivity index (χ0n) is 10.6. The number of anilines is 1. The first-order valence-electron chi connectivity index (χ1n) is 5.84. The maximum absolute atomic E-state index is 11.8. The molecule has 0 radical (unpaired) electrons. The van der Waals surface area contributed by atoms with Gasteiger partial charge in [0, 0.05) is 0 Å². The monoisotopic (exact) mass is 339 g/mol. The fourth-order valence-corrected chi connectivity index (χ4v) is 2.91. The minimum Gasteiger partial charge on any atom is -0.441 e. The Hall–Kier alpha value is -1.33. The number of rotatable bonds is 3. The summed E-state index contributed by atoms with van der Waals surface area (Å²) in [7, 11) is 0. The van der Waals surface area contributed by atoms with Crippen molar-refractivity contribution in [3.05, 3.63) is 50.6 Å². The zero-order chi connectivity index (χ0) is 13.8. The third-order valence-corrected chi connectivity index (χ3v) is 4.45. The molecule has 1 aromatic carbocycles. The van der Waals surface area contributed by atoms with Gasteiger partial charge in [0.2, 0.25) is 0 Å². The van der Waals surface area contributed by atoms with Crippen molar-refractivity contribution in [1.29, 1.82) is 0 Å². The highest BCUT2D eigenvalue weighted by molar-refractivity contribution is 9.11. The van der Waals surface area contributed by atoms with E-state index in [4.69, 9.17) is 4.74 Å². The Balaban J connectivity index is 2.00. The Labute approximate surface area is 124 Å². The molecule has 0 unspecified atom stereocenters. The molecule has 0 bridgehead atoms. The average Bonchev–Trinajstić information content (AvgIpc) is 2.75. The summed E-state index contributed by atoms with van der Waals surface area (Å²) in [6, 6.07) is 9.70. The molecule has 5 heteroatoms. The standard InChI is InChI=1S/C14H14BrNO2S/c1-9-5-3-4-6-11(9)10(2)18-14(17)16-12-7-8-19-13(12)15/h3-8,10H,1-2H3,(H,16,17)/t10-/m1/s1. The fraction of sp³-hybridized carbons (Fsp3) is 0.214. The van der Waals surface area contributed by atoms with Crippen LogP contribution in [0.25, 0.3) is 0 Å². The van der Waals surface area contributed by atoms with Crippen molar-refractivity contribution >= 4 is 39.0 Å². The van der Waals surface area contributed by atoms with Gasteiger partial charge in [-0.3, -0.25) is 5.32 Å². The minimum atomic E-state index is -0.449. The highest BCUT2D eigenvalue weighted by Crippen LogP contribution is 2.29. The van der Waals surface area contributed by atoms with Crippen LogP contribution < -0.4 is 5.32 Å². The summed E-state index contributed by atoms with van der Waals surface area (Å²) in [5.41, 5.74) is 2.86. The van der Waals surface area contributed by atoms with E-state index in [1.54, 1.807) is 0 Å². The number of benzene rings is 1. The van der Waals surface area contributed by atoms with Gasteiger partial charge in [0.05, 0.1) is 9.47 Å². The van der Waals surface area contributed by atoms with Crippen LogP contribution in [0, 0.1) is 6.92 Å². The maximum Gasteiger partial charge on any atom is 0.412 e. The fourth-order valence-electron chi connectivity index (χ4n) is 1.79. The van der Waals surface area contributed by atoms with Crippen molar-refractivity contribution in [3.8, 4) is 0 Å². The van der Waals surface area contributed by atoms with Gasteiger partial charge in [-0.05, 0) is 52.4 Å². The second kappa shape index (κ2) is 6.21. The second-order valence-electron chi connectivity index (χ2n) is 4.14. The minimum absolute atomic E-state index is 0.279. The summed E-state index contributed by atoms with van der Waals surface area (Å²) in [5.74, 6) is 0. The van der Waals surface area contributed by atoms with E-state index in [9.17, 15) is 4.79 Å². The molecule has 0 aliphatic heterocycles. The highest BCUT2D eigenvalue weighted by Gasteiger charge is 2.14. The number of thiophene rings is 1. The Morgan fingerprint density at radius 2 is 2.11 bits per heavy atom. The maximum atomic E-state index is 11.8. The average molecular weight is 340 g/mol. The molecule has 0 saturated heterocycles. The molecule has 2 aromatic rings.